The Kier molecular flexibility index (Phi) is 5.67. The van der Waals surface area contributed by atoms with E-state index in [-0.39, 0.29) is 11.5 Å². The van der Waals surface area contributed by atoms with E-state index in [4.69, 9.17) is 19.2 Å². The first kappa shape index (κ1) is 21.9. The van der Waals surface area contributed by atoms with Gasteiger partial charge in [-0.05, 0) is 30.3 Å². The van der Waals surface area contributed by atoms with Gasteiger partial charge in [0.15, 0.2) is 5.75 Å². The van der Waals surface area contributed by atoms with Gasteiger partial charge < -0.3 is 24.0 Å². The Bertz CT molecular complexity index is 1290. The van der Waals surface area contributed by atoms with Crippen molar-refractivity contribution in [3.05, 3.63) is 60.3 Å². The van der Waals surface area contributed by atoms with Gasteiger partial charge in [-0.3, -0.25) is 0 Å². The largest absolute Gasteiger partial charge is 0.497 e. The smallest absolute Gasteiger partial charge is 0.423 e. The SMILES string of the molecule is C=C(c1ccc(OC)cc1)c1nc(N2CCN(CC)CC2)c2cccc3c2c1OC(=O)C(=O)O3. The van der Waals surface area contributed by atoms with Gasteiger partial charge in [-0.25, -0.2) is 14.6 Å². The molecule has 0 unspecified atom stereocenters. The number of aromatic nitrogens is 1. The van der Waals surface area contributed by atoms with Crippen LogP contribution in [0.5, 0.6) is 17.2 Å². The molecule has 8 heteroatoms. The second-order valence-corrected chi connectivity index (χ2v) is 8.20. The maximum Gasteiger partial charge on any atom is 0.423 e. The van der Waals surface area contributed by atoms with Gasteiger partial charge in [-0.2, -0.15) is 0 Å². The quantitative estimate of drug-likeness (QED) is 0.327. The maximum absolute atomic E-state index is 12.4. The van der Waals surface area contributed by atoms with Gasteiger partial charge >= 0.3 is 11.9 Å². The Labute approximate surface area is 197 Å². The highest BCUT2D eigenvalue weighted by molar-refractivity contribution is 6.32. The number of pyridine rings is 1. The lowest BCUT2D eigenvalue weighted by atomic mass is 9.99. The van der Waals surface area contributed by atoms with Crippen molar-refractivity contribution in [3.8, 4) is 17.2 Å². The van der Waals surface area contributed by atoms with E-state index in [9.17, 15) is 9.59 Å². The van der Waals surface area contributed by atoms with E-state index in [1.807, 2.05) is 30.3 Å². The number of methoxy groups -OCH3 is 1. The van der Waals surface area contributed by atoms with Crippen molar-refractivity contribution in [2.45, 2.75) is 6.92 Å². The molecular formula is C26H25N3O5. The minimum Gasteiger partial charge on any atom is -0.497 e. The molecular weight excluding hydrogens is 434 g/mol. The Balaban J connectivity index is 1.71. The Morgan fingerprint density at radius 1 is 1.03 bits per heavy atom. The molecule has 3 aromatic rings. The average Bonchev–Trinajstić information content (AvgIpc) is 3.00. The first-order valence-corrected chi connectivity index (χ1v) is 11.2. The van der Waals surface area contributed by atoms with Crippen LogP contribution >= 0.6 is 0 Å². The highest BCUT2D eigenvalue weighted by Crippen LogP contribution is 2.44. The maximum atomic E-state index is 12.4. The summed E-state index contributed by atoms with van der Waals surface area (Å²) in [6, 6.07) is 12.7. The number of carbonyl (C=O) groups excluding carboxylic acids is 2. The average molecular weight is 460 g/mol. The molecule has 3 heterocycles. The third-order valence-electron chi connectivity index (χ3n) is 6.33. The second-order valence-electron chi connectivity index (χ2n) is 8.20. The van der Waals surface area contributed by atoms with Crippen molar-refractivity contribution in [1.82, 2.24) is 9.88 Å². The standard InChI is InChI=1S/C26H25N3O5/c1-4-28-12-14-29(15-13-28)24-19-6-5-7-20-21(19)23(34-26(31)25(30)33-20)22(27-24)16(2)17-8-10-18(32-3)11-9-17/h5-11H,2,4,12-15H2,1,3H3. The summed E-state index contributed by atoms with van der Waals surface area (Å²) < 4.78 is 16.2. The molecule has 34 heavy (non-hydrogen) atoms. The number of esters is 2. The van der Waals surface area contributed by atoms with Crippen molar-refractivity contribution >= 4 is 34.1 Å². The Morgan fingerprint density at radius 3 is 2.41 bits per heavy atom. The van der Waals surface area contributed by atoms with Gasteiger partial charge in [0, 0.05) is 37.1 Å². The van der Waals surface area contributed by atoms with E-state index in [1.54, 1.807) is 19.2 Å². The summed E-state index contributed by atoms with van der Waals surface area (Å²) >= 11 is 0. The minimum absolute atomic E-state index is 0.179. The molecule has 0 N–H and O–H groups in total. The number of hydrogen-bond donors (Lipinski definition) is 0. The lowest BCUT2D eigenvalue weighted by Gasteiger charge is -2.35. The van der Waals surface area contributed by atoms with Crippen LogP contribution < -0.4 is 19.1 Å². The summed E-state index contributed by atoms with van der Waals surface area (Å²) in [7, 11) is 1.60. The monoisotopic (exact) mass is 459 g/mol. The third kappa shape index (κ3) is 3.76. The van der Waals surface area contributed by atoms with E-state index in [0.717, 1.165) is 49.5 Å². The molecule has 2 aliphatic rings. The number of likely N-dealkylation sites (N-methyl/N-ethyl adjacent to an activating group) is 1. The molecule has 8 nitrogen and oxygen atoms in total. The third-order valence-corrected chi connectivity index (χ3v) is 6.33. The summed E-state index contributed by atoms with van der Waals surface area (Å²) in [5.74, 6) is -0.255. The molecule has 0 spiro atoms. The first-order chi connectivity index (χ1) is 16.5. The van der Waals surface area contributed by atoms with E-state index in [2.05, 4.69) is 23.3 Å². The van der Waals surface area contributed by atoms with Crippen molar-refractivity contribution in [2.75, 3.05) is 44.7 Å². The summed E-state index contributed by atoms with van der Waals surface area (Å²) in [6.45, 7) is 10.8. The zero-order chi connectivity index (χ0) is 23.8. The molecule has 0 aliphatic carbocycles. The molecule has 5 rings (SSSR count). The molecule has 0 atom stereocenters. The summed E-state index contributed by atoms with van der Waals surface area (Å²) in [6.07, 6.45) is 0. The number of carbonyl (C=O) groups is 2. The predicted octanol–water partition coefficient (Wildman–Crippen LogP) is 3.27. The molecule has 0 amide bonds. The van der Waals surface area contributed by atoms with Gasteiger partial charge in [0.1, 0.15) is 23.0 Å². The van der Waals surface area contributed by atoms with Crippen LogP contribution in [0, 0.1) is 0 Å². The predicted molar refractivity (Wildman–Crippen MR) is 128 cm³/mol. The van der Waals surface area contributed by atoms with E-state index in [1.165, 1.54) is 0 Å². The van der Waals surface area contributed by atoms with Gasteiger partial charge in [-0.1, -0.05) is 37.8 Å². The number of rotatable bonds is 5. The highest BCUT2D eigenvalue weighted by Gasteiger charge is 2.32. The number of nitrogens with zero attached hydrogens (tertiary/aromatic N) is 3. The van der Waals surface area contributed by atoms with Gasteiger partial charge in [0.05, 0.1) is 12.5 Å². The topological polar surface area (TPSA) is 81.2 Å². The van der Waals surface area contributed by atoms with Crippen LogP contribution in [-0.4, -0.2) is 61.7 Å². The molecule has 1 saturated heterocycles. The zero-order valence-electron chi connectivity index (χ0n) is 19.2. The lowest BCUT2D eigenvalue weighted by molar-refractivity contribution is -0.155. The summed E-state index contributed by atoms with van der Waals surface area (Å²) in [5.41, 5.74) is 1.74. The lowest BCUT2D eigenvalue weighted by Crippen LogP contribution is -2.46. The highest BCUT2D eigenvalue weighted by atomic mass is 16.6. The van der Waals surface area contributed by atoms with Crippen molar-refractivity contribution in [1.29, 1.82) is 0 Å². The molecule has 0 radical (unpaired) electrons. The van der Waals surface area contributed by atoms with Crippen LogP contribution in [-0.2, 0) is 9.59 Å². The molecule has 0 bridgehead atoms. The normalized spacial score (nSPS) is 16.1. The fourth-order valence-corrected chi connectivity index (χ4v) is 4.40. The van der Waals surface area contributed by atoms with Crippen LogP contribution in [0.1, 0.15) is 18.2 Å². The fourth-order valence-electron chi connectivity index (χ4n) is 4.40. The van der Waals surface area contributed by atoms with E-state index >= 15 is 0 Å². The Hall–Kier alpha value is -3.91. The first-order valence-electron chi connectivity index (χ1n) is 11.2. The fraction of sp³-hybridized carbons (Fsp3) is 0.269. The molecule has 2 aromatic carbocycles. The van der Waals surface area contributed by atoms with Gasteiger partial charge in [0.2, 0.25) is 0 Å². The number of benzene rings is 2. The van der Waals surface area contributed by atoms with E-state index < -0.39 is 11.9 Å². The molecule has 174 valence electrons. The molecule has 0 saturated carbocycles. The molecule has 1 fully saturated rings. The van der Waals surface area contributed by atoms with Crippen LogP contribution in [0.3, 0.4) is 0 Å². The minimum atomic E-state index is -1.09. The van der Waals surface area contributed by atoms with Gasteiger partial charge in [0.25, 0.3) is 0 Å². The van der Waals surface area contributed by atoms with Crippen LogP contribution in [0.15, 0.2) is 49.0 Å². The zero-order valence-corrected chi connectivity index (χ0v) is 19.2. The van der Waals surface area contributed by atoms with Crippen molar-refractivity contribution in [3.63, 3.8) is 0 Å². The molecule has 1 aromatic heterocycles. The van der Waals surface area contributed by atoms with Gasteiger partial charge in [-0.15, -0.1) is 0 Å². The number of anilines is 1. The number of ether oxygens (including phenoxy) is 3. The number of hydrogen-bond acceptors (Lipinski definition) is 8. The Morgan fingerprint density at radius 2 is 1.74 bits per heavy atom. The van der Waals surface area contributed by atoms with Crippen LogP contribution in [0.4, 0.5) is 5.82 Å². The molecule has 2 aliphatic heterocycles. The number of piperazine rings is 1. The van der Waals surface area contributed by atoms with Crippen molar-refractivity contribution in [2.24, 2.45) is 0 Å². The van der Waals surface area contributed by atoms with E-state index in [0.29, 0.717) is 22.4 Å². The summed E-state index contributed by atoms with van der Waals surface area (Å²) in [5, 5.41) is 1.29. The summed E-state index contributed by atoms with van der Waals surface area (Å²) in [4.78, 5) is 34.2. The van der Waals surface area contributed by atoms with Crippen LogP contribution in [0.2, 0.25) is 0 Å². The van der Waals surface area contributed by atoms with Crippen molar-refractivity contribution < 1.29 is 23.8 Å². The second kappa shape index (κ2) is 8.79. The van der Waals surface area contributed by atoms with Crippen LogP contribution in [0.25, 0.3) is 16.3 Å².